The summed E-state index contributed by atoms with van der Waals surface area (Å²) < 4.78 is 34.2. The second-order valence-electron chi connectivity index (χ2n) is 7.15. The van der Waals surface area contributed by atoms with Crippen molar-refractivity contribution in [1.82, 2.24) is 15.1 Å². The van der Waals surface area contributed by atoms with Crippen molar-refractivity contribution in [2.45, 2.75) is 6.61 Å². The van der Waals surface area contributed by atoms with E-state index in [2.05, 4.69) is 31.1 Å². The molecule has 2 aromatic heterocycles. The lowest BCUT2D eigenvalue weighted by atomic mass is 10.1. The Hall–Kier alpha value is -3.21. The number of fused-ring (bicyclic) bond motifs is 1. The highest BCUT2D eigenvalue weighted by Crippen LogP contribution is 2.35. The normalized spacial score (nSPS) is 11.0. The van der Waals surface area contributed by atoms with Crippen molar-refractivity contribution in [1.29, 1.82) is 0 Å². The Morgan fingerprint density at radius 3 is 2.24 bits per heavy atom. The zero-order chi connectivity index (χ0) is 23.8. The molecular formula is C24H24BrN3O6. The smallest absolute Gasteiger partial charge is 0.225 e. The molecule has 2 heterocycles. The van der Waals surface area contributed by atoms with Crippen LogP contribution in [0.25, 0.3) is 22.2 Å². The molecule has 10 heteroatoms. The summed E-state index contributed by atoms with van der Waals surface area (Å²) in [6.45, 7) is 1.79. The predicted molar refractivity (Wildman–Crippen MR) is 128 cm³/mol. The summed E-state index contributed by atoms with van der Waals surface area (Å²) in [6.07, 6.45) is 1.44. The minimum atomic E-state index is 0.154. The molecule has 4 aromatic rings. The number of hydrogen-bond acceptors (Lipinski definition) is 9. The summed E-state index contributed by atoms with van der Waals surface area (Å²) in [4.78, 5) is 8.65. The summed E-state index contributed by atoms with van der Waals surface area (Å²) in [5, 5.41) is 4.81. The van der Waals surface area contributed by atoms with Crippen LogP contribution in [0.15, 0.2) is 57.8 Å². The first-order chi connectivity index (χ1) is 16.7. The Morgan fingerprint density at radius 1 is 0.824 bits per heavy atom. The molecule has 0 bridgehead atoms. The molecule has 0 saturated heterocycles. The molecule has 0 fully saturated rings. The van der Waals surface area contributed by atoms with Gasteiger partial charge in [0.1, 0.15) is 25.2 Å². The number of halogens is 1. The van der Waals surface area contributed by atoms with Gasteiger partial charge in [0.2, 0.25) is 5.88 Å². The molecule has 0 aliphatic heterocycles. The number of hydrogen-bond donors (Lipinski definition) is 0. The van der Waals surface area contributed by atoms with Gasteiger partial charge in [0.15, 0.2) is 23.9 Å². The fourth-order valence-corrected chi connectivity index (χ4v) is 3.39. The first-order valence-corrected chi connectivity index (χ1v) is 11.3. The Balaban J connectivity index is 1.53. The van der Waals surface area contributed by atoms with Crippen LogP contribution in [0, 0.1) is 0 Å². The lowest BCUT2D eigenvalue weighted by Crippen LogP contribution is -2.09. The van der Waals surface area contributed by atoms with Crippen molar-refractivity contribution in [3.63, 3.8) is 0 Å². The molecule has 34 heavy (non-hydrogen) atoms. The van der Waals surface area contributed by atoms with Crippen molar-refractivity contribution in [2.75, 3.05) is 40.6 Å². The van der Waals surface area contributed by atoms with Gasteiger partial charge in [-0.15, -0.1) is 0 Å². The van der Waals surface area contributed by atoms with E-state index < -0.39 is 0 Å². The Bertz CT molecular complexity index is 1220. The molecule has 0 spiro atoms. The van der Waals surface area contributed by atoms with Gasteiger partial charge in [0, 0.05) is 36.4 Å². The van der Waals surface area contributed by atoms with Gasteiger partial charge >= 0.3 is 0 Å². The Labute approximate surface area is 205 Å². The highest BCUT2D eigenvalue weighted by molar-refractivity contribution is 9.10. The summed E-state index contributed by atoms with van der Waals surface area (Å²) in [6, 6.07) is 13.3. The number of methoxy groups -OCH3 is 2. The van der Waals surface area contributed by atoms with Crippen LogP contribution in [0.2, 0.25) is 0 Å². The van der Waals surface area contributed by atoms with Gasteiger partial charge in [0.05, 0.1) is 24.1 Å². The van der Waals surface area contributed by atoms with Crippen LogP contribution in [0.4, 0.5) is 0 Å². The number of ether oxygens (including phenoxy) is 5. The van der Waals surface area contributed by atoms with Crippen molar-refractivity contribution >= 4 is 26.8 Å². The van der Waals surface area contributed by atoms with Crippen LogP contribution in [-0.4, -0.2) is 55.8 Å². The van der Waals surface area contributed by atoms with E-state index in [0.717, 1.165) is 15.7 Å². The lowest BCUT2D eigenvalue weighted by Gasteiger charge is -2.14. The Morgan fingerprint density at radius 2 is 1.53 bits per heavy atom. The van der Waals surface area contributed by atoms with Gasteiger partial charge < -0.3 is 28.2 Å². The van der Waals surface area contributed by atoms with E-state index >= 15 is 0 Å². The minimum absolute atomic E-state index is 0.154. The van der Waals surface area contributed by atoms with Crippen molar-refractivity contribution in [3.8, 4) is 28.6 Å². The molecular weight excluding hydrogens is 506 g/mol. The SMILES string of the molecule is COCCOc1cc2ncnc(OCc3cc(-c4ccc(Br)cc4)no3)c2cc1OCCOC. The number of benzene rings is 2. The third kappa shape index (κ3) is 6.02. The largest absolute Gasteiger partial charge is 0.487 e. The fraction of sp³-hybridized carbons (Fsp3) is 0.292. The van der Waals surface area contributed by atoms with Crippen LogP contribution < -0.4 is 14.2 Å². The molecule has 0 amide bonds. The topological polar surface area (TPSA) is 98.0 Å². The van der Waals surface area contributed by atoms with E-state index in [4.69, 9.17) is 28.2 Å². The molecule has 4 rings (SSSR count). The maximum Gasteiger partial charge on any atom is 0.225 e. The van der Waals surface area contributed by atoms with Crippen molar-refractivity contribution < 1.29 is 28.2 Å². The van der Waals surface area contributed by atoms with Crippen LogP contribution in [0.5, 0.6) is 17.4 Å². The van der Waals surface area contributed by atoms with Gasteiger partial charge in [0.25, 0.3) is 0 Å². The molecule has 9 nitrogen and oxygen atoms in total. The van der Waals surface area contributed by atoms with Crippen molar-refractivity contribution in [3.05, 3.63) is 59.0 Å². The molecule has 2 aromatic carbocycles. The highest BCUT2D eigenvalue weighted by Gasteiger charge is 2.15. The molecule has 0 radical (unpaired) electrons. The van der Waals surface area contributed by atoms with Gasteiger partial charge in [-0.3, -0.25) is 0 Å². The summed E-state index contributed by atoms with van der Waals surface area (Å²) >= 11 is 3.43. The molecule has 178 valence electrons. The lowest BCUT2D eigenvalue weighted by molar-refractivity contribution is 0.132. The summed E-state index contributed by atoms with van der Waals surface area (Å²) in [7, 11) is 3.23. The van der Waals surface area contributed by atoms with E-state index in [-0.39, 0.29) is 6.61 Å². The predicted octanol–water partition coefficient (Wildman–Crippen LogP) is 4.68. The standard InChI is InChI=1S/C24H24BrN3O6/c1-29-7-9-31-22-12-19-21(13-23(22)32-10-8-30-2)26-15-27-24(19)33-14-18-11-20(28-34-18)16-3-5-17(25)6-4-16/h3-6,11-13,15H,7-10,14H2,1-2H3. The summed E-state index contributed by atoms with van der Waals surface area (Å²) in [5.74, 6) is 2.06. The quantitative estimate of drug-likeness (QED) is 0.242. The second-order valence-corrected chi connectivity index (χ2v) is 8.07. The Kier molecular flexibility index (Phi) is 8.29. The van der Waals surface area contributed by atoms with Gasteiger partial charge in [-0.2, -0.15) is 0 Å². The zero-order valence-electron chi connectivity index (χ0n) is 18.8. The minimum Gasteiger partial charge on any atom is -0.487 e. The van der Waals surface area contributed by atoms with E-state index in [1.807, 2.05) is 30.3 Å². The van der Waals surface area contributed by atoms with E-state index in [1.54, 1.807) is 26.4 Å². The first kappa shape index (κ1) is 23.9. The summed E-state index contributed by atoms with van der Waals surface area (Å²) in [5.41, 5.74) is 2.33. The third-order valence-electron chi connectivity index (χ3n) is 4.80. The second kappa shape index (κ2) is 11.8. The van der Waals surface area contributed by atoms with E-state index in [0.29, 0.717) is 60.5 Å². The van der Waals surface area contributed by atoms with Crippen LogP contribution >= 0.6 is 15.9 Å². The number of aromatic nitrogens is 3. The number of nitrogens with zero attached hydrogens (tertiary/aromatic N) is 3. The molecule has 0 atom stereocenters. The maximum absolute atomic E-state index is 5.96. The van der Waals surface area contributed by atoms with Gasteiger partial charge in [-0.05, 0) is 18.2 Å². The molecule has 0 aliphatic carbocycles. The van der Waals surface area contributed by atoms with Crippen LogP contribution in [0.1, 0.15) is 5.76 Å². The number of rotatable bonds is 12. The average molecular weight is 530 g/mol. The molecule has 0 N–H and O–H groups in total. The first-order valence-electron chi connectivity index (χ1n) is 10.5. The maximum atomic E-state index is 5.96. The fourth-order valence-electron chi connectivity index (χ4n) is 3.13. The highest BCUT2D eigenvalue weighted by atomic mass is 79.9. The van der Waals surface area contributed by atoms with Gasteiger partial charge in [-0.25, -0.2) is 9.97 Å². The third-order valence-corrected chi connectivity index (χ3v) is 5.33. The van der Waals surface area contributed by atoms with Gasteiger partial charge in [-0.1, -0.05) is 33.2 Å². The van der Waals surface area contributed by atoms with E-state index in [1.165, 1.54) is 6.33 Å². The van der Waals surface area contributed by atoms with Crippen molar-refractivity contribution in [2.24, 2.45) is 0 Å². The average Bonchev–Trinajstić information content (AvgIpc) is 3.32. The van der Waals surface area contributed by atoms with Crippen LogP contribution in [0.3, 0.4) is 0 Å². The zero-order valence-corrected chi connectivity index (χ0v) is 20.4. The molecule has 0 aliphatic rings. The molecule has 0 saturated carbocycles. The van der Waals surface area contributed by atoms with Crippen LogP contribution in [-0.2, 0) is 16.1 Å². The monoisotopic (exact) mass is 529 g/mol. The molecule has 0 unspecified atom stereocenters. The van der Waals surface area contributed by atoms with E-state index in [9.17, 15) is 0 Å².